The van der Waals surface area contributed by atoms with Crippen molar-refractivity contribution in [3.05, 3.63) is 62.8 Å². The molecular weight excluding hydrogens is 317 g/mol. The Morgan fingerprint density at radius 1 is 1.28 bits per heavy atom. The zero-order valence-corrected chi connectivity index (χ0v) is 12.1. The first kappa shape index (κ1) is 13.4. The SMILES string of the molecule is Cc1c(Cl)cccc1NCc1cc(F)ccc1Br. The standard InChI is InChI=1S/C14H12BrClFN/c1-9-13(16)3-2-4-14(9)18-8-10-7-11(17)5-6-12(10)15/h2-7,18H,8H2,1H3. The fourth-order valence-corrected chi connectivity index (χ4v) is 2.23. The molecule has 0 saturated heterocycles. The van der Waals surface area contributed by atoms with Crippen LogP contribution in [0.2, 0.25) is 5.02 Å². The second-order valence-electron chi connectivity index (χ2n) is 4.00. The normalized spacial score (nSPS) is 10.4. The van der Waals surface area contributed by atoms with E-state index in [1.54, 1.807) is 6.07 Å². The Balaban J connectivity index is 2.16. The van der Waals surface area contributed by atoms with Gasteiger partial charge in [0.05, 0.1) is 0 Å². The largest absolute Gasteiger partial charge is 0.381 e. The van der Waals surface area contributed by atoms with Crippen molar-refractivity contribution in [3.8, 4) is 0 Å². The van der Waals surface area contributed by atoms with Crippen LogP contribution in [-0.2, 0) is 6.54 Å². The quantitative estimate of drug-likeness (QED) is 0.820. The summed E-state index contributed by atoms with van der Waals surface area (Å²) in [5, 5.41) is 3.98. The van der Waals surface area contributed by atoms with Crippen molar-refractivity contribution >= 4 is 33.2 Å². The highest BCUT2D eigenvalue weighted by molar-refractivity contribution is 9.10. The maximum Gasteiger partial charge on any atom is 0.123 e. The van der Waals surface area contributed by atoms with Crippen molar-refractivity contribution in [1.29, 1.82) is 0 Å². The molecule has 2 aromatic carbocycles. The van der Waals surface area contributed by atoms with E-state index >= 15 is 0 Å². The summed E-state index contributed by atoms with van der Waals surface area (Å²) in [7, 11) is 0. The molecule has 2 rings (SSSR count). The van der Waals surface area contributed by atoms with Gasteiger partial charge in [-0.25, -0.2) is 4.39 Å². The Kier molecular flexibility index (Phi) is 4.25. The summed E-state index contributed by atoms with van der Waals surface area (Å²) in [6.45, 7) is 2.49. The first-order chi connectivity index (χ1) is 8.58. The van der Waals surface area contributed by atoms with Gasteiger partial charge in [0.2, 0.25) is 0 Å². The number of hydrogen-bond donors (Lipinski definition) is 1. The summed E-state index contributed by atoms with van der Waals surface area (Å²) in [6, 6.07) is 10.3. The third-order valence-electron chi connectivity index (χ3n) is 2.74. The van der Waals surface area contributed by atoms with E-state index in [0.29, 0.717) is 6.54 Å². The molecule has 0 fully saturated rings. The Hall–Kier alpha value is -1.06. The summed E-state index contributed by atoms with van der Waals surface area (Å²) >= 11 is 9.45. The fraction of sp³-hybridized carbons (Fsp3) is 0.143. The highest BCUT2D eigenvalue weighted by Crippen LogP contribution is 2.25. The summed E-state index contributed by atoms with van der Waals surface area (Å²) in [5.41, 5.74) is 2.82. The molecule has 4 heteroatoms. The maximum absolute atomic E-state index is 13.1. The molecule has 1 N–H and O–H groups in total. The van der Waals surface area contributed by atoms with Crippen LogP contribution in [0.4, 0.5) is 10.1 Å². The van der Waals surface area contributed by atoms with Crippen LogP contribution >= 0.6 is 27.5 Å². The molecular formula is C14H12BrClFN. The topological polar surface area (TPSA) is 12.0 Å². The van der Waals surface area contributed by atoms with Crippen molar-refractivity contribution in [3.63, 3.8) is 0 Å². The van der Waals surface area contributed by atoms with Crippen LogP contribution < -0.4 is 5.32 Å². The van der Waals surface area contributed by atoms with E-state index in [4.69, 9.17) is 11.6 Å². The molecule has 0 amide bonds. The minimum absolute atomic E-state index is 0.238. The molecule has 0 aliphatic heterocycles. The first-order valence-corrected chi connectivity index (χ1v) is 6.68. The van der Waals surface area contributed by atoms with Crippen LogP contribution in [0.3, 0.4) is 0 Å². The van der Waals surface area contributed by atoms with Crippen molar-refractivity contribution in [2.75, 3.05) is 5.32 Å². The van der Waals surface area contributed by atoms with Crippen molar-refractivity contribution < 1.29 is 4.39 Å². The smallest absolute Gasteiger partial charge is 0.123 e. The van der Waals surface area contributed by atoms with E-state index in [1.165, 1.54) is 12.1 Å². The predicted molar refractivity (Wildman–Crippen MR) is 77.6 cm³/mol. The van der Waals surface area contributed by atoms with Crippen molar-refractivity contribution in [2.24, 2.45) is 0 Å². The van der Waals surface area contributed by atoms with Gasteiger partial charge in [0, 0.05) is 21.7 Å². The molecule has 0 aliphatic rings. The highest BCUT2D eigenvalue weighted by Gasteiger charge is 2.04. The lowest BCUT2D eigenvalue weighted by molar-refractivity contribution is 0.625. The lowest BCUT2D eigenvalue weighted by Crippen LogP contribution is -2.02. The van der Waals surface area contributed by atoms with Gasteiger partial charge in [-0.1, -0.05) is 33.6 Å². The monoisotopic (exact) mass is 327 g/mol. The zero-order chi connectivity index (χ0) is 13.1. The molecule has 0 bridgehead atoms. The second kappa shape index (κ2) is 5.72. The molecule has 94 valence electrons. The molecule has 0 unspecified atom stereocenters. The van der Waals surface area contributed by atoms with E-state index in [0.717, 1.165) is 26.3 Å². The minimum atomic E-state index is -0.238. The number of hydrogen-bond acceptors (Lipinski definition) is 1. The molecule has 18 heavy (non-hydrogen) atoms. The second-order valence-corrected chi connectivity index (χ2v) is 5.26. The van der Waals surface area contributed by atoms with Gasteiger partial charge in [0.1, 0.15) is 5.82 Å². The summed E-state index contributed by atoms with van der Waals surface area (Å²) in [4.78, 5) is 0. The molecule has 2 aromatic rings. The average molecular weight is 329 g/mol. The zero-order valence-electron chi connectivity index (χ0n) is 9.81. The van der Waals surface area contributed by atoms with Gasteiger partial charge in [-0.2, -0.15) is 0 Å². The molecule has 0 aliphatic carbocycles. The highest BCUT2D eigenvalue weighted by atomic mass is 79.9. The molecule has 0 radical (unpaired) electrons. The Bertz CT molecular complexity index is 570. The van der Waals surface area contributed by atoms with Crippen molar-refractivity contribution in [1.82, 2.24) is 0 Å². The van der Waals surface area contributed by atoms with E-state index in [-0.39, 0.29) is 5.82 Å². The van der Waals surface area contributed by atoms with Crippen LogP contribution in [-0.4, -0.2) is 0 Å². The number of anilines is 1. The average Bonchev–Trinajstić information content (AvgIpc) is 2.35. The van der Waals surface area contributed by atoms with Gasteiger partial charge in [-0.15, -0.1) is 0 Å². The molecule has 1 nitrogen and oxygen atoms in total. The number of rotatable bonds is 3. The number of nitrogens with one attached hydrogen (secondary N) is 1. The van der Waals surface area contributed by atoms with Crippen LogP contribution in [0.15, 0.2) is 40.9 Å². The first-order valence-electron chi connectivity index (χ1n) is 5.51. The van der Waals surface area contributed by atoms with Gasteiger partial charge in [-0.05, 0) is 48.4 Å². The van der Waals surface area contributed by atoms with Gasteiger partial charge in [0.15, 0.2) is 0 Å². The van der Waals surface area contributed by atoms with Gasteiger partial charge >= 0.3 is 0 Å². The molecule has 0 saturated carbocycles. The van der Waals surface area contributed by atoms with Gasteiger partial charge in [0.25, 0.3) is 0 Å². The third-order valence-corrected chi connectivity index (χ3v) is 3.93. The number of halogens is 3. The van der Waals surface area contributed by atoms with Crippen LogP contribution in [0.25, 0.3) is 0 Å². The predicted octanol–water partition coefficient (Wildman–Crippen LogP) is 5.16. The Labute approximate surface area is 119 Å². The molecule has 0 aromatic heterocycles. The summed E-state index contributed by atoms with van der Waals surface area (Å²) in [6.07, 6.45) is 0. The molecule has 0 heterocycles. The molecule has 0 atom stereocenters. The minimum Gasteiger partial charge on any atom is -0.381 e. The van der Waals surface area contributed by atoms with Gasteiger partial charge < -0.3 is 5.32 Å². The number of benzene rings is 2. The Morgan fingerprint density at radius 3 is 2.83 bits per heavy atom. The Morgan fingerprint density at radius 2 is 2.06 bits per heavy atom. The summed E-state index contributed by atoms with van der Waals surface area (Å²) < 4.78 is 14.0. The molecule has 0 spiro atoms. The van der Waals surface area contributed by atoms with E-state index in [9.17, 15) is 4.39 Å². The van der Waals surface area contributed by atoms with Crippen LogP contribution in [0, 0.1) is 12.7 Å². The van der Waals surface area contributed by atoms with Crippen LogP contribution in [0.1, 0.15) is 11.1 Å². The fourth-order valence-electron chi connectivity index (χ4n) is 1.67. The van der Waals surface area contributed by atoms with E-state index in [2.05, 4.69) is 21.2 Å². The maximum atomic E-state index is 13.1. The lowest BCUT2D eigenvalue weighted by Gasteiger charge is -2.11. The van der Waals surface area contributed by atoms with Crippen LogP contribution in [0.5, 0.6) is 0 Å². The third kappa shape index (κ3) is 3.03. The van der Waals surface area contributed by atoms with Crippen molar-refractivity contribution in [2.45, 2.75) is 13.5 Å². The lowest BCUT2D eigenvalue weighted by atomic mass is 10.1. The van der Waals surface area contributed by atoms with E-state index < -0.39 is 0 Å². The summed E-state index contributed by atoms with van der Waals surface area (Å²) in [5.74, 6) is -0.238. The van der Waals surface area contributed by atoms with E-state index in [1.807, 2.05) is 25.1 Å². The van der Waals surface area contributed by atoms with Gasteiger partial charge in [-0.3, -0.25) is 0 Å².